The minimum atomic E-state index is -0.621. The normalized spacial score (nSPS) is 16.6. The number of hydrogen-bond donors (Lipinski definition) is 3. The molecule has 0 aliphatic carbocycles. The predicted molar refractivity (Wildman–Crippen MR) is 113 cm³/mol. The Balaban J connectivity index is 1.64. The van der Waals surface area contributed by atoms with Crippen molar-refractivity contribution in [3.8, 4) is 0 Å². The summed E-state index contributed by atoms with van der Waals surface area (Å²) >= 11 is 10.6. The van der Waals surface area contributed by atoms with E-state index < -0.39 is 11.6 Å². The van der Waals surface area contributed by atoms with Crippen LogP contribution in [0.2, 0.25) is 5.02 Å². The third-order valence-corrected chi connectivity index (χ3v) is 5.05. The quantitative estimate of drug-likeness (QED) is 0.365. The molecule has 0 bridgehead atoms. The largest absolute Gasteiger partial charge is 0.375 e. The molecule has 2 aromatic rings. The smallest absolute Gasteiger partial charge is 0.184 e. The lowest BCUT2D eigenvalue weighted by atomic mass is 10.1. The zero-order chi connectivity index (χ0) is 21.0. The number of halogens is 4. The van der Waals surface area contributed by atoms with Crippen LogP contribution in [-0.4, -0.2) is 30.5 Å². The fourth-order valence-corrected chi connectivity index (χ4v) is 3.43. The Bertz CT molecular complexity index is 920. The number of nitrogens with two attached hydrogens (primary N) is 1. The summed E-state index contributed by atoms with van der Waals surface area (Å²) in [5.74, 6) is -1.57. The molecule has 29 heavy (non-hydrogen) atoms. The van der Waals surface area contributed by atoms with Gasteiger partial charge in [0.1, 0.15) is 17.5 Å². The number of nitrogens with zero attached hydrogens (tertiary/aromatic N) is 2. The molecule has 1 fully saturated rings. The molecule has 0 unspecified atom stereocenters. The van der Waals surface area contributed by atoms with E-state index in [0.717, 1.165) is 18.3 Å². The number of benzene rings is 2. The van der Waals surface area contributed by atoms with E-state index in [4.69, 9.17) is 17.3 Å². The van der Waals surface area contributed by atoms with Crippen LogP contribution in [0.4, 0.5) is 18.9 Å². The van der Waals surface area contributed by atoms with Crippen molar-refractivity contribution in [1.29, 1.82) is 0 Å². The lowest BCUT2D eigenvalue weighted by Gasteiger charge is -2.20. The highest BCUT2D eigenvalue weighted by atomic mass is 35.5. The van der Waals surface area contributed by atoms with Crippen molar-refractivity contribution in [2.45, 2.75) is 19.0 Å². The first-order chi connectivity index (χ1) is 13.8. The first kappa shape index (κ1) is 21.4. The predicted octanol–water partition coefficient (Wildman–Crippen LogP) is 3.29. The van der Waals surface area contributed by atoms with E-state index >= 15 is 0 Å². The molecule has 0 radical (unpaired) electrons. The van der Waals surface area contributed by atoms with Crippen LogP contribution in [0.25, 0.3) is 0 Å². The van der Waals surface area contributed by atoms with Gasteiger partial charge in [-0.25, -0.2) is 13.2 Å². The van der Waals surface area contributed by atoms with Crippen molar-refractivity contribution in [1.82, 2.24) is 10.7 Å². The third kappa shape index (κ3) is 5.37. The van der Waals surface area contributed by atoms with Gasteiger partial charge < -0.3 is 16.0 Å². The minimum absolute atomic E-state index is 0.0101. The molecule has 10 heteroatoms. The topological polar surface area (TPSA) is 65.7 Å². The molecule has 0 spiro atoms. The third-order valence-electron chi connectivity index (χ3n) is 4.60. The Labute approximate surface area is 176 Å². The number of thiocarbonyl (C=S) groups is 1. The number of hydrazone groups is 1. The summed E-state index contributed by atoms with van der Waals surface area (Å²) in [6.45, 7) is 1.25. The summed E-state index contributed by atoms with van der Waals surface area (Å²) in [7, 11) is 0. The zero-order valence-electron chi connectivity index (χ0n) is 15.3. The van der Waals surface area contributed by atoms with Crippen molar-refractivity contribution in [3.05, 3.63) is 63.9 Å². The van der Waals surface area contributed by atoms with E-state index in [-0.39, 0.29) is 34.8 Å². The number of rotatable bonds is 6. The summed E-state index contributed by atoms with van der Waals surface area (Å²) in [5.41, 5.74) is 8.03. The van der Waals surface area contributed by atoms with Gasteiger partial charge in [0.25, 0.3) is 0 Å². The number of nitrogens with one attached hydrogen (secondary N) is 2. The van der Waals surface area contributed by atoms with Gasteiger partial charge in [-0.15, -0.1) is 0 Å². The highest BCUT2D eigenvalue weighted by molar-refractivity contribution is 7.80. The van der Waals surface area contributed by atoms with Crippen molar-refractivity contribution >= 4 is 40.8 Å². The van der Waals surface area contributed by atoms with Gasteiger partial charge in [0.05, 0.1) is 11.9 Å². The van der Waals surface area contributed by atoms with Crippen LogP contribution in [-0.2, 0) is 6.54 Å². The van der Waals surface area contributed by atoms with Gasteiger partial charge in [-0.2, -0.15) is 5.10 Å². The van der Waals surface area contributed by atoms with Gasteiger partial charge in [-0.1, -0.05) is 17.7 Å². The van der Waals surface area contributed by atoms with Crippen LogP contribution in [0.3, 0.4) is 0 Å². The SMILES string of the molecule is NC(=S)N/N=C/c1cc(F)c(N2CC[C@H](NCc3c(F)cccc3Cl)C2)cc1F. The molecule has 0 aromatic heterocycles. The molecule has 3 rings (SSSR count). The maximum Gasteiger partial charge on any atom is 0.184 e. The molecule has 1 saturated heterocycles. The summed E-state index contributed by atoms with van der Waals surface area (Å²) in [6, 6.07) is 6.71. The second-order valence-electron chi connectivity index (χ2n) is 6.57. The Morgan fingerprint density at radius 1 is 1.28 bits per heavy atom. The van der Waals surface area contributed by atoms with Gasteiger partial charge in [0.15, 0.2) is 5.11 Å². The fourth-order valence-electron chi connectivity index (χ4n) is 3.15. The molecule has 154 valence electrons. The molecule has 5 nitrogen and oxygen atoms in total. The summed E-state index contributed by atoms with van der Waals surface area (Å²) in [4.78, 5) is 1.74. The van der Waals surface area contributed by atoms with E-state index in [9.17, 15) is 13.2 Å². The zero-order valence-corrected chi connectivity index (χ0v) is 16.8. The summed E-state index contributed by atoms with van der Waals surface area (Å²) in [6.07, 6.45) is 1.81. The standard InChI is InChI=1S/C19H19ClF3N5S/c20-14-2-1-3-15(21)13(14)9-25-12-4-5-28(10-12)18-7-16(22)11(6-17(18)23)8-26-27-19(24)29/h1-3,6-8,12,25H,4-5,9-10H2,(H3,24,27,29)/b26-8+/t12-/m0/s1. The van der Waals surface area contributed by atoms with Crippen LogP contribution in [0.1, 0.15) is 17.5 Å². The highest BCUT2D eigenvalue weighted by Gasteiger charge is 2.25. The van der Waals surface area contributed by atoms with E-state index in [0.29, 0.717) is 30.1 Å². The molecule has 4 N–H and O–H groups in total. The van der Waals surface area contributed by atoms with Gasteiger partial charge in [-0.05, 0) is 36.8 Å². The van der Waals surface area contributed by atoms with Gasteiger partial charge in [0.2, 0.25) is 0 Å². The average molecular weight is 442 g/mol. The summed E-state index contributed by atoms with van der Waals surface area (Å²) in [5, 5.41) is 7.14. The molecule has 0 amide bonds. The van der Waals surface area contributed by atoms with Crippen molar-refractivity contribution in [3.63, 3.8) is 0 Å². The van der Waals surface area contributed by atoms with E-state index in [1.54, 1.807) is 17.0 Å². The molecule has 1 aliphatic rings. The van der Waals surface area contributed by atoms with E-state index in [1.807, 2.05) is 0 Å². The maximum absolute atomic E-state index is 14.5. The van der Waals surface area contributed by atoms with Crippen molar-refractivity contribution < 1.29 is 13.2 Å². The fraction of sp³-hybridized carbons (Fsp3) is 0.263. The minimum Gasteiger partial charge on any atom is -0.375 e. The first-order valence-electron chi connectivity index (χ1n) is 8.84. The lowest BCUT2D eigenvalue weighted by Crippen LogP contribution is -2.32. The number of hydrogen-bond acceptors (Lipinski definition) is 4. The monoisotopic (exact) mass is 441 g/mol. The van der Waals surface area contributed by atoms with Gasteiger partial charge >= 0.3 is 0 Å². The second-order valence-corrected chi connectivity index (χ2v) is 7.42. The average Bonchev–Trinajstić information content (AvgIpc) is 3.12. The molecular weight excluding hydrogens is 423 g/mol. The Morgan fingerprint density at radius 3 is 2.79 bits per heavy atom. The van der Waals surface area contributed by atoms with E-state index in [2.05, 4.69) is 28.1 Å². The Morgan fingerprint density at radius 2 is 2.07 bits per heavy atom. The van der Waals surface area contributed by atoms with Crippen LogP contribution in [0.5, 0.6) is 0 Å². The number of anilines is 1. The molecule has 1 aliphatic heterocycles. The first-order valence-corrected chi connectivity index (χ1v) is 9.62. The molecule has 0 saturated carbocycles. The highest BCUT2D eigenvalue weighted by Crippen LogP contribution is 2.27. The van der Waals surface area contributed by atoms with Gasteiger partial charge in [-0.3, -0.25) is 5.43 Å². The summed E-state index contributed by atoms with van der Waals surface area (Å²) < 4.78 is 42.7. The molecule has 1 heterocycles. The maximum atomic E-state index is 14.5. The molecule has 2 aromatic carbocycles. The Hall–Kier alpha value is -2.36. The van der Waals surface area contributed by atoms with Crippen LogP contribution < -0.4 is 21.4 Å². The Kier molecular flexibility index (Phi) is 6.94. The molecule has 1 atom stereocenters. The van der Waals surface area contributed by atoms with Crippen molar-refractivity contribution in [2.75, 3.05) is 18.0 Å². The van der Waals surface area contributed by atoms with Crippen LogP contribution in [0, 0.1) is 17.5 Å². The van der Waals surface area contributed by atoms with Crippen LogP contribution in [0.15, 0.2) is 35.4 Å². The van der Waals surface area contributed by atoms with E-state index in [1.165, 1.54) is 6.07 Å². The molecular formula is C19H19ClF3N5S. The second kappa shape index (κ2) is 9.43. The van der Waals surface area contributed by atoms with Crippen LogP contribution >= 0.6 is 23.8 Å². The van der Waals surface area contributed by atoms with Crippen molar-refractivity contribution in [2.24, 2.45) is 10.8 Å². The van der Waals surface area contributed by atoms with Gasteiger partial charge in [0, 0.05) is 47.9 Å². The lowest BCUT2D eigenvalue weighted by molar-refractivity contribution is 0.529.